The molecule has 1 amide bonds. The zero-order valence-electron chi connectivity index (χ0n) is 5.56. The number of aliphatic hydroxyl groups is 2. The average molecular weight is 143 g/mol. The lowest BCUT2D eigenvalue weighted by atomic mass is 10.2. The molecule has 56 valence electrons. The molecule has 0 aromatic carbocycles. The van der Waals surface area contributed by atoms with Crippen LogP contribution in [-0.2, 0) is 4.79 Å². The quantitative estimate of drug-likeness (QED) is 0.443. The van der Waals surface area contributed by atoms with E-state index in [0.717, 1.165) is 4.90 Å². The summed E-state index contributed by atoms with van der Waals surface area (Å²) in [5.41, 5.74) is 0. The Labute approximate surface area is 58.4 Å². The molecule has 0 saturated carbocycles. The Hall–Kier alpha value is -0.870. The van der Waals surface area contributed by atoms with Gasteiger partial charge in [0.2, 0.25) is 5.91 Å². The normalized spacial score (nSPS) is 33.1. The lowest BCUT2D eigenvalue weighted by Gasteiger charge is -2.28. The van der Waals surface area contributed by atoms with Crippen LogP contribution in [0, 0.1) is 0 Å². The minimum atomic E-state index is -1.10. The molecular formula is C6H9NO3. The summed E-state index contributed by atoms with van der Waals surface area (Å²) in [5, 5.41) is 18.0. The van der Waals surface area contributed by atoms with Crippen molar-refractivity contribution in [2.24, 2.45) is 0 Å². The van der Waals surface area contributed by atoms with Crippen molar-refractivity contribution in [3.8, 4) is 0 Å². The number of hydrogen-bond acceptors (Lipinski definition) is 3. The Morgan fingerprint density at radius 1 is 1.60 bits per heavy atom. The van der Waals surface area contributed by atoms with E-state index in [9.17, 15) is 4.79 Å². The summed E-state index contributed by atoms with van der Waals surface area (Å²) in [6, 6.07) is 0. The number of carbonyl (C=O) groups is 1. The smallest absolute Gasteiger partial charge is 0.248 e. The fraction of sp³-hybridized carbons (Fsp3) is 0.500. The van der Waals surface area contributed by atoms with Crippen LogP contribution in [0.2, 0.25) is 0 Å². The Bertz CT molecular complexity index is 178. The van der Waals surface area contributed by atoms with Crippen LogP contribution in [0.1, 0.15) is 0 Å². The maximum Gasteiger partial charge on any atom is 0.248 e. The molecule has 0 aromatic heterocycles. The van der Waals surface area contributed by atoms with E-state index in [2.05, 4.69) is 0 Å². The molecule has 0 aliphatic carbocycles. The molecule has 0 radical (unpaired) electrons. The summed E-state index contributed by atoms with van der Waals surface area (Å²) in [4.78, 5) is 11.8. The molecule has 10 heavy (non-hydrogen) atoms. The van der Waals surface area contributed by atoms with Crippen LogP contribution in [0.15, 0.2) is 12.2 Å². The molecule has 1 rings (SSSR count). The fourth-order valence-corrected chi connectivity index (χ4v) is 0.757. The first-order valence-electron chi connectivity index (χ1n) is 2.94. The van der Waals surface area contributed by atoms with E-state index in [0.29, 0.717) is 0 Å². The van der Waals surface area contributed by atoms with E-state index < -0.39 is 12.3 Å². The van der Waals surface area contributed by atoms with E-state index in [4.69, 9.17) is 10.2 Å². The Balaban J connectivity index is 2.79. The van der Waals surface area contributed by atoms with Gasteiger partial charge in [0.15, 0.2) is 6.23 Å². The number of rotatable bonds is 0. The van der Waals surface area contributed by atoms with Crippen LogP contribution in [-0.4, -0.2) is 40.4 Å². The van der Waals surface area contributed by atoms with Crippen LogP contribution in [0.3, 0.4) is 0 Å². The number of aliphatic hydroxyl groups excluding tert-OH is 2. The Kier molecular flexibility index (Phi) is 1.74. The number of likely N-dealkylation sites (N-methyl/N-ethyl adjacent to an activating group) is 1. The highest BCUT2D eigenvalue weighted by Gasteiger charge is 2.25. The standard InChI is InChI=1S/C6H9NO3/c1-7-5(9)3-2-4(8)6(7)10/h2-4,6,8,10H,1H3. The summed E-state index contributed by atoms with van der Waals surface area (Å²) in [6.45, 7) is 0. The van der Waals surface area contributed by atoms with Gasteiger partial charge in [0.05, 0.1) is 0 Å². The van der Waals surface area contributed by atoms with Crippen molar-refractivity contribution >= 4 is 5.91 Å². The van der Waals surface area contributed by atoms with Crippen molar-refractivity contribution in [1.82, 2.24) is 4.90 Å². The molecule has 1 aliphatic heterocycles. The summed E-state index contributed by atoms with van der Waals surface area (Å²) in [6.07, 6.45) is 0.449. The lowest BCUT2D eigenvalue weighted by molar-refractivity contribution is -0.141. The van der Waals surface area contributed by atoms with Crippen LogP contribution < -0.4 is 0 Å². The monoisotopic (exact) mass is 143 g/mol. The fourth-order valence-electron chi connectivity index (χ4n) is 0.757. The van der Waals surface area contributed by atoms with Gasteiger partial charge in [-0.25, -0.2) is 0 Å². The lowest BCUT2D eigenvalue weighted by Crippen LogP contribution is -2.46. The molecular weight excluding hydrogens is 134 g/mol. The molecule has 0 fully saturated rings. The van der Waals surface area contributed by atoms with Crippen LogP contribution in [0.4, 0.5) is 0 Å². The van der Waals surface area contributed by atoms with Crippen molar-refractivity contribution in [3.05, 3.63) is 12.2 Å². The zero-order valence-corrected chi connectivity index (χ0v) is 5.56. The minimum Gasteiger partial charge on any atom is -0.384 e. The highest BCUT2D eigenvalue weighted by molar-refractivity contribution is 5.88. The average Bonchev–Trinajstić information content (AvgIpc) is 1.93. The second kappa shape index (κ2) is 2.40. The summed E-state index contributed by atoms with van der Waals surface area (Å²) < 4.78 is 0. The van der Waals surface area contributed by atoms with E-state index in [1.807, 2.05) is 0 Å². The van der Waals surface area contributed by atoms with E-state index >= 15 is 0 Å². The van der Waals surface area contributed by atoms with E-state index in [1.54, 1.807) is 0 Å². The first kappa shape index (κ1) is 7.24. The van der Waals surface area contributed by atoms with Gasteiger partial charge >= 0.3 is 0 Å². The zero-order chi connectivity index (χ0) is 7.72. The molecule has 4 heteroatoms. The summed E-state index contributed by atoms with van der Waals surface area (Å²) in [5.74, 6) is -0.294. The van der Waals surface area contributed by atoms with Gasteiger partial charge in [-0.2, -0.15) is 0 Å². The predicted octanol–water partition coefficient (Wildman–Crippen LogP) is -1.31. The van der Waals surface area contributed by atoms with Crippen LogP contribution in [0.25, 0.3) is 0 Å². The molecule has 2 unspecified atom stereocenters. The van der Waals surface area contributed by atoms with Crippen molar-refractivity contribution in [2.75, 3.05) is 7.05 Å². The van der Waals surface area contributed by atoms with Crippen LogP contribution in [0.5, 0.6) is 0 Å². The molecule has 0 saturated heterocycles. The second-order valence-electron chi connectivity index (χ2n) is 2.21. The first-order valence-corrected chi connectivity index (χ1v) is 2.94. The second-order valence-corrected chi connectivity index (χ2v) is 2.21. The molecule has 1 heterocycles. The highest BCUT2D eigenvalue weighted by Crippen LogP contribution is 2.07. The van der Waals surface area contributed by atoms with Gasteiger partial charge in [-0.1, -0.05) is 0 Å². The predicted molar refractivity (Wildman–Crippen MR) is 33.9 cm³/mol. The van der Waals surface area contributed by atoms with Gasteiger partial charge in [-0.3, -0.25) is 4.79 Å². The number of amides is 1. The summed E-state index contributed by atoms with van der Waals surface area (Å²) >= 11 is 0. The minimum absolute atomic E-state index is 0.294. The first-order chi connectivity index (χ1) is 4.63. The Morgan fingerprint density at radius 3 is 2.70 bits per heavy atom. The molecule has 1 aliphatic rings. The van der Waals surface area contributed by atoms with Gasteiger partial charge in [-0.05, 0) is 6.08 Å². The highest BCUT2D eigenvalue weighted by atomic mass is 16.3. The maximum absolute atomic E-state index is 10.7. The molecule has 2 atom stereocenters. The van der Waals surface area contributed by atoms with E-state index in [-0.39, 0.29) is 5.91 Å². The third kappa shape index (κ3) is 1.03. The molecule has 0 aromatic rings. The third-order valence-corrected chi connectivity index (χ3v) is 1.49. The van der Waals surface area contributed by atoms with Crippen LogP contribution >= 0.6 is 0 Å². The number of hydrogen-bond donors (Lipinski definition) is 2. The SMILES string of the molecule is CN1C(=O)C=CC(O)C1O. The van der Waals surface area contributed by atoms with Crippen molar-refractivity contribution in [3.63, 3.8) is 0 Å². The number of carbonyl (C=O) groups excluding carboxylic acids is 1. The molecule has 0 bridgehead atoms. The van der Waals surface area contributed by atoms with Gasteiger partial charge in [0, 0.05) is 13.1 Å². The van der Waals surface area contributed by atoms with Gasteiger partial charge in [0.25, 0.3) is 0 Å². The van der Waals surface area contributed by atoms with Crippen molar-refractivity contribution < 1.29 is 15.0 Å². The summed E-state index contributed by atoms with van der Waals surface area (Å²) in [7, 11) is 1.43. The van der Waals surface area contributed by atoms with Crippen molar-refractivity contribution in [1.29, 1.82) is 0 Å². The molecule has 4 nitrogen and oxygen atoms in total. The third-order valence-electron chi connectivity index (χ3n) is 1.49. The maximum atomic E-state index is 10.7. The van der Waals surface area contributed by atoms with Gasteiger partial charge in [-0.15, -0.1) is 0 Å². The van der Waals surface area contributed by atoms with Gasteiger partial charge < -0.3 is 15.1 Å². The van der Waals surface area contributed by atoms with Crippen molar-refractivity contribution in [2.45, 2.75) is 12.3 Å². The largest absolute Gasteiger partial charge is 0.384 e. The van der Waals surface area contributed by atoms with Gasteiger partial charge in [0.1, 0.15) is 6.10 Å². The topological polar surface area (TPSA) is 60.8 Å². The number of nitrogens with zero attached hydrogens (tertiary/aromatic N) is 1. The molecule has 0 spiro atoms. The molecule has 2 N–H and O–H groups in total. The van der Waals surface area contributed by atoms with E-state index in [1.165, 1.54) is 19.2 Å². The Morgan fingerprint density at radius 2 is 2.20 bits per heavy atom.